The molecular formula is C19H18ClFN4O2S. The summed E-state index contributed by atoms with van der Waals surface area (Å²) in [6.07, 6.45) is 6.32. The van der Waals surface area contributed by atoms with Gasteiger partial charge < -0.3 is 10.6 Å². The monoisotopic (exact) mass is 420 g/mol. The zero-order chi connectivity index (χ0) is 19.7. The van der Waals surface area contributed by atoms with Crippen LogP contribution in [0.2, 0.25) is 5.02 Å². The second kappa shape index (κ2) is 7.89. The largest absolute Gasteiger partial charge is 0.348 e. The Kier molecular flexibility index (Phi) is 5.32. The van der Waals surface area contributed by atoms with E-state index in [2.05, 4.69) is 15.6 Å². The van der Waals surface area contributed by atoms with Crippen LogP contribution in [-0.4, -0.2) is 27.2 Å². The van der Waals surface area contributed by atoms with Gasteiger partial charge in [0.15, 0.2) is 4.96 Å². The Labute approximate surface area is 169 Å². The van der Waals surface area contributed by atoms with Crippen molar-refractivity contribution in [2.75, 3.05) is 5.32 Å². The minimum atomic E-state index is -0.447. The van der Waals surface area contributed by atoms with Crippen LogP contribution in [0.1, 0.15) is 36.2 Å². The SMILES string of the molecule is O=C(NC1CCC(C(=O)Nc2ccc(F)cc2Cl)CC1)c1cn2ccsc2n1. The molecule has 146 valence electrons. The summed E-state index contributed by atoms with van der Waals surface area (Å²) < 4.78 is 14.9. The number of nitrogens with one attached hydrogen (secondary N) is 2. The van der Waals surface area contributed by atoms with E-state index in [-0.39, 0.29) is 28.8 Å². The fourth-order valence-electron chi connectivity index (χ4n) is 3.42. The molecule has 1 aliphatic rings. The van der Waals surface area contributed by atoms with Crippen molar-refractivity contribution in [1.29, 1.82) is 0 Å². The second-order valence-corrected chi connectivity index (χ2v) is 8.13. The molecule has 0 bridgehead atoms. The van der Waals surface area contributed by atoms with Gasteiger partial charge in [-0.15, -0.1) is 11.3 Å². The number of benzene rings is 1. The molecule has 0 aliphatic heterocycles. The summed E-state index contributed by atoms with van der Waals surface area (Å²) in [5.74, 6) is -0.932. The Bertz CT molecular complexity index is 998. The lowest BCUT2D eigenvalue weighted by Gasteiger charge is -2.28. The van der Waals surface area contributed by atoms with Gasteiger partial charge in [-0.3, -0.25) is 14.0 Å². The summed E-state index contributed by atoms with van der Waals surface area (Å²) >= 11 is 7.44. The van der Waals surface area contributed by atoms with E-state index < -0.39 is 5.82 Å². The summed E-state index contributed by atoms with van der Waals surface area (Å²) in [6, 6.07) is 3.90. The third-order valence-corrected chi connectivity index (χ3v) is 6.03. The molecule has 6 nitrogen and oxygen atoms in total. The van der Waals surface area contributed by atoms with Gasteiger partial charge in [0, 0.05) is 29.7 Å². The number of rotatable bonds is 4. The Balaban J connectivity index is 1.29. The first kappa shape index (κ1) is 18.9. The smallest absolute Gasteiger partial charge is 0.271 e. The molecule has 0 saturated heterocycles. The van der Waals surface area contributed by atoms with Gasteiger partial charge in [0.2, 0.25) is 5.91 Å². The van der Waals surface area contributed by atoms with Crippen molar-refractivity contribution in [3.63, 3.8) is 0 Å². The molecule has 1 aliphatic carbocycles. The predicted molar refractivity (Wildman–Crippen MR) is 106 cm³/mol. The van der Waals surface area contributed by atoms with Crippen LogP contribution in [0.15, 0.2) is 36.0 Å². The number of halogens is 2. The first-order chi connectivity index (χ1) is 13.5. The first-order valence-electron chi connectivity index (χ1n) is 8.98. The lowest BCUT2D eigenvalue weighted by molar-refractivity contribution is -0.120. The Morgan fingerprint density at radius 3 is 2.75 bits per heavy atom. The number of hydrogen-bond acceptors (Lipinski definition) is 4. The Morgan fingerprint density at radius 2 is 2.04 bits per heavy atom. The van der Waals surface area contributed by atoms with Gasteiger partial charge in [-0.1, -0.05) is 11.6 Å². The molecule has 1 saturated carbocycles. The van der Waals surface area contributed by atoms with Crippen molar-refractivity contribution in [2.24, 2.45) is 5.92 Å². The fraction of sp³-hybridized carbons (Fsp3) is 0.316. The lowest BCUT2D eigenvalue weighted by Crippen LogP contribution is -2.39. The molecule has 0 atom stereocenters. The van der Waals surface area contributed by atoms with Crippen molar-refractivity contribution >= 4 is 45.4 Å². The molecule has 3 aromatic rings. The number of fused-ring (bicyclic) bond motifs is 1. The lowest BCUT2D eigenvalue weighted by atomic mass is 9.85. The van der Waals surface area contributed by atoms with E-state index in [1.54, 1.807) is 6.20 Å². The quantitative estimate of drug-likeness (QED) is 0.666. The van der Waals surface area contributed by atoms with Gasteiger partial charge in [-0.25, -0.2) is 9.37 Å². The third kappa shape index (κ3) is 4.02. The highest BCUT2D eigenvalue weighted by molar-refractivity contribution is 7.15. The van der Waals surface area contributed by atoms with Crippen LogP contribution >= 0.6 is 22.9 Å². The first-order valence-corrected chi connectivity index (χ1v) is 10.2. The number of amides is 2. The number of carbonyl (C=O) groups excluding carboxylic acids is 2. The summed E-state index contributed by atoms with van der Waals surface area (Å²) in [5, 5.41) is 7.86. The number of anilines is 1. The molecule has 0 spiro atoms. The highest BCUT2D eigenvalue weighted by Crippen LogP contribution is 2.28. The molecule has 9 heteroatoms. The number of nitrogens with zero attached hydrogens (tertiary/aromatic N) is 2. The minimum Gasteiger partial charge on any atom is -0.348 e. The van der Waals surface area contributed by atoms with E-state index in [0.29, 0.717) is 37.1 Å². The van der Waals surface area contributed by atoms with Crippen LogP contribution in [0.4, 0.5) is 10.1 Å². The summed E-state index contributed by atoms with van der Waals surface area (Å²) in [6.45, 7) is 0. The molecule has 2 aromatic heterocycles. The van der Waals surface area contributed by atoms with Crippen molar-refractivity contribution < 1.29 is 14.0 Å². The van der Waals surface area contributed by atoms with Gasteiger partial charge in [-0.05, 0) is 43.9 Å². The van der Waals surface area contributed by atoms with Crippen molar-refractivity contribution in [3.05, 3.63) is 52.5 Å². The van der Waals surface area contributed by atoms with Crippen LogP contribution in [-0.2, 0) is 4.79 Å². The standard InChI is InChI=1S/C19H18ClFN4O2S/c20-14-9-12(21)3-6-15(14)23-17(26)11-1-4-13(5-2-11)22-18(27)16-10-25-7-8-28-19(25)24-16/h3,6-11,13H,1-2,4-5H2,(H,22,27)(H,23,26). The molecule has 2 amide bonds. The van der Waals surface area contributed by atoms with Gasteiger partial charge in [0.1, 0.15) is 11.5 Å². The van der Waals surface area contributed by atoms with Crippen molar-refractivity contribution in [1.82, 2.24) is 14.7 Å². The minimum absolute atomic E-state index is 0.0192. The third-order valence-electron chi connectivity index (χ3n) is 4.95. The summed E-state index contributed by atoms with van der Waals surface area (Å²) in [4.78, 5) is 29.9. The van der Waals surface area contributed by atoms with Crippen LogP contribution in [0, 0.1) is 11.7 Å². The van der Waals surface area contributed by atoms with Crippen LogP contribution < -0.4 is 10.6 Å². The highest BCUT2D eigenvalue weighted by Gasteiger charge is 2.28. The number of thiazole rings is 1. The number of carbonyl (C=O) groups is 2. The number of imidazole rings is 1. The zero-order valence-corrected chi connectivity index (χ0v) is 16.4. The Hall–Kier alpha value is -2.45. The number of aromatic nitrogens is 2. The maximum Gasteiger partial charge on any atom is 0.271 e. The van der Waals surface area contributed by atoms with Gasteiger partial charge >= 0.3 is 0 Å². The zero-order valence-electron chi connectivity index (χ0n) is 14.8. The number of hydrogen-bond donors (Lipinski definition) is 2. The molecule has 0 radical (unpaired) electrons. The average Bonchev–Trinajstić information content (AvgIpc) is 3.26. The van der Waals surface area contributed by atoms with Crippen LogP contribution in [0.3, 0.4) is 0 Å². The molecule has 2 heterocycles. The van der Waals surface area contributed by atoms with E-state index in [0.717, 1.165) is 4.96 Å². The van der Waals surface area contributed by atoms with E-state index in [1.165, 1.54) is 29.5 Å². The Morgan fingerprint density at radius 1 is 1.25 bits per heavy atom. The molecule has 1 fully saturated rings. The van der Waals surface area contributed by atoms with Crippen molar-refractivity contribution in [2.45, 2.75) is 31.7 Å². The summed E-state index contributed by atoms with van der Waals surface area (Å²) in [5.41, 5.74) is 0.806. The topological polar surface area (TPSA) is 75.5 Å². The van der Waals surface area contributed by atoms with Crippen molar-refractivity contribution in [3.8, 4) is 0 Å². The van der Waals surface area contributed by atoms with E-state index in [1.807, 2.05) is 16.0 Å². The highest BCUT2D eigenvalue weighted by atomic mass is 35.5. The maximum absolute atomic E-state index is 13.1. The van der Waals surface area contributed by atoms with E-state index in [4.69, 9.17) is 11.6 Å². The molecule has 4 rings (SSSR count). The summed E-state index contributed by atoms with van der Waals surface area (Å²) in [7, 11) is 0. The molecule has 2 N–H and O–H groups in total. The molecular weight excluding hydrogens is 403 g/mol. The molecule has 28 heavy (non-hydrogen) atoms. The van der Waals surface area contributed by atoms with Gasteiger partial charge in [-0.2, -0.15) is 0 Å². The molecule has 0 unspecified atom stereocenters. The second-order valence-electron chi connectivity index (χ2n) is 6.85. The van der Waals surface area contributed by atoms with E-state index in [9.17, 15) is 14.0 Å². The fourth-order valence-corrected chi connectivity index (χ4v) is 4.34. The maximum atomic E-state index is 13.1. The average molecular weight is 421 g/mol. The van der Waals surface area contributed by atoms with E-state index >= 15 is 0 Å². The van der Waals surface area contributed by atoms with Gasteiger partial charge in [0.25, 0.3) is 5.91 Å². The van der Waals surface area contributed by atoms with Gasteiger partial charge in [0.05, 0.1) is 10.7 Å². The predicted octanol–water partition coefficient (Wildman–Crippen LogP) is 4.12. The van der Waals surface area contributed by atoms with Crippen LogP contribution in [0.25, 0.3) is 4.96 Å². The molecule has 1 aromatic carbocycles. The normalized spacial score (nSPS) is 19.5. The van der Waals surface area contributed by atoms with Crippen LogP contribution in [0.5, 0.6) is 0 Å².